The van der Waals surface area contributed by atoms with Crippen LogP contribution >= 0.6 is 0 Å². The Morgan fingerprint density at radius 1 is 1.73 bits per heavy atom. The number of nitrogens with one attached hydrogen (secondary N) is 1. The minimum atomic E-state index is -0.332. The van der Waals surface area contributed by atoms with E-state index in [1.165, 1.54) is 12.4 Å². The molecule has 1 aromatic heterocycles. The van der Waals surface area contributed by atoms with Crippen molar-refractivity contribution in [2.24, 2.45) is 5.73 Å². The van der Waals surface area contributed by atoms with Gasteiger partial charge in [-0.15, -0.1) is 0 Å². The molecule has 5 nitrogen and oxygen atoms in total. The number of rotatable bonds is 3. The maximum Gasteiger partial charge on any atom is 0.310 e. The third kappa shape index (κ3) is 2.05. The van der Waals surface area contributed by atoms with E-state index in [1.807, 2.05) is 0 Å². The molecule has 0 fully saturated rings. The van der Waals surface area contributed by atoms with Gasteiger partial charge in [-0.05, 0) is 0 Å². The number of aromatic amines is 1. The molecule has 0 unspecified atom stereocenters. The summed E-state index contributed by atoms with van der Waals surface area (Å²) in [4.78, 5) is 17.0. The fourth-order valence-corrected chi connectivity index (χ4v) is 0.597. The summed E-state index contributed by atoms with van der Waals surface area (Å²) in [5.74, 6) is 0.0675. The van der Waals surface area contributed by atoms with Gasteiger partial charge >= 0.3 is 5.56 Å². The topological polar surface area (TPSA) is 81.0 Å². The van der Waals surface area contributed by atoms with Crippen molar-refractivity contribution >= 4 is 0 Å². The van der Waals surface area contributed by atoms with Gasteiger partial charge in [0.05, 0.1) is 0 Å². The Balaban J connectivity index is 2.70. The van der Waals surface area contributed by atoms with Crippen molar-refractivity contribution in [1.29, 1.82) is 0 Å². The normalized spacial score (nSPS) is 9.55. The average molecular weight is 155 g/mol. The van der Waals surface area contributed by atoms with Crippen LogP contribution in [0.25, 0.3) is 0 Å². The first-order valence-electron chi connectivity index (χ1n) is 3.21. The Labute approximate surface area is 63.2 Å². The van der Waals surface area contributed by atoms with Gasteiger partial charge in [-0.3, -0.25) is 4.79 Å². The second-order valence-corrected chi connectivity index (χ2v) is 1.86. The molecule has 60 valence electrons. The molecule has 0 saturated carbocycles. The quantitative estimate of drug-likeness (QED) is 0.593. The highest BCUT2D eigenvalue weighted by molar-refractivity contribution is 5.01. The summed E-state index contributed by atoms with van der Waals surface area (Å²) in [5.41, 5.74) is 4.83. The number of aromatic nitrogens is 2. The van der Waals surface area contributed by atoms with Crippen LogP contribution < -0.4 is 16.0 Å². The van der Waals surface area contributed by atoms with Crippen LogP contribution in [0.3, 0.4) is 0 Å². The molecule has 11 heavy (non-hydrogen) atoms. The van der Waals surface area contributed by atoms with Crippen molar-refractivity contribution in [3.05, 3.63) is 22.7 Å². The Bertz CT molecular complexity index is 271. The van der Waals surface area contributed by atoms with Crippen LogP contribution in [0.5, 0.6) is 5.88 Å². The molecule has 0 aliphatic heterocycles. The number of ether oxygens (including phenoxy) is 1. The van der Waals surface area contributed by atoms with E-state index in [0.29, 0.717) is 13.2 Å². The van der Waals surface area contributed by atoms with Gasteiger partial charge in [0.15, 0.2) is 0 Å². The summed E-state index contributed by atoms with van der Waals surface area (Å²) in [6, 6.07) is 0. The SMILES string of the molecule is NCCOc1ncc[nH]c1=O. The maximum atomic E-state index is 10.8. The van der Waals surface area contributed by atoms with E-state index < -0.39 is 0 Å². The van der Waals surface area contributed by atoms with Crippen LogP contribution in [0.15, 0.2) is 17.2 Å². The van der Waals surface area contributed by atoms with Crippen LogP contribution in [0.2, 0.25) is 0 Å². The van der Waals surface area contributed by atoms with E-state index >= 15 is 0 Å². The van der Waals surface area contributed by atoms with Crippen LogP contribution in [0.1, 0.15) is 0 Å². The number of H-pyrrole nitrogens is 1. The lowest BCUT2D eigenvalue weighted by Crippen LogP contribution is -2.17. The maximum absolute atomic E-state index is 10.8. The fraction of sp³-hybridized carbons (Fsp3) is 0.333. The summed E-state index contributed by atoms with van der Waals surface area (Å²) in [5, 5.41) is 0. The molecule has 1 rings (SSSR count). The lowest BCUT2D eigenvalue weighted by atomic mass is 10.7. The lowest BCUT2D eigenvalue weighted by molar-refractivity contribution is 0.310. The van der Waals surface area contributed by atoms with Crippen LogP contribution in [0.4, 0.5) is 0 Å². The number of nitrogens with two attached hydrogens (primary N) is 1. The smallest absolute Gasteiger partial charge is 0.310 e. The number of hydrogen-bond acceptors (Lipinski definition) is 4. The van der Waals surface area contributed by atoms with Crippen LogP contribution in [-0.2, 0) is 0 Å². The molecule has 0 aliphatic carbocycles. The van der Waals surface area contributed by atoms with Gasteiger partial charge in [0.1, 0.15) is 6.61 Å². The largest absolute Gasteiger partial charge is 0.472 e. The fourth-order valence-electron chi connectivity index (χ4n) is 0.597. The van der Waals surface area contributed by atoms with Gasteiger partial charge < -0.3 is 15.5 Å². The first-order chi connectivity index (χ1) is 5.34. The number of nitrogens with zero attached hydrogens (tertiary/aromatic N) is 1. The third-order valence-corrected chi connectivity index (χ3v) is 1.03. The Morgan fingerprint density at radius 3 is 3.18 bits per heavy atom. The summed E-state index contributed by atoms with van der Waals surface area (Å²) >= 11 is 0. The van der Waals surface area contributed by atoms with Gasteiger partial charge in [-0.25, -0.2) is 4.98 Å². The zero-order valence-corrected chi connectivity index (χ0v) is 5.91. The van der Waals surface area contributed by atoms with Gasteiger partial charge in [-0.1, -0.05) is 0 Å². The number of hydrogen-bond donors (Lipinski definition) is 2. The summed E-state index contributed by atoms with van der Waals surface area (Å²) in [6.07, 6.45) is 2.89. The molecular formula is C6H9N3O2. The second kappa shape index (κ2) is 3.72. The Hall–Kier alpha value is -1.36. The van der Waals surface area contributed by atoms with Gasteiger partial charge in [0, 0.05) is 18.9 Å². The molecule has 0 aliphatic rings. The first kappa shape index (κ1) is 7.74. The highest BCUT2D eigenvalue weighted by Crippen LogP contribution is 1.91. The molecule has 1 aromatic rings. The zero-order valence-electron chi connectivity index (χ0n) is 5.91. The minimum absolute atomic E-state index is 0.0675. The Morgan fingerprint density at radius 2 is 2.55 bits per heavy atom. The molecule has 0 atom stereocenters. The van der Waals surface area contributed by atoms with Crippen LogP contribution in [0, 0.1) is 0 Å². The van der Waals surface area contributed by atoms with Crippen molar-refractivity contribution in [2.45, 2.75) is 0 Å². The predicted molar refractivity (Wildman–Crippen MR) is 39.4 cm³/mol. The summed E-state index contributed by atoms with van der Waals surface area (Å²) < 4.78 is 4.91. The molecule has 0 saturated heterocycles. The zero-order chi connectivity index (χ0) is 8.10. The van der Waals surface area contributed by atoms with Crippen molar-refractivity contribution in [2.75, 3.05) is 13.2 Å². The highest BCUT2D eigenvalue weighted by Gasteiger charge is 1.97. The van der Waals surface area contributed by atoms with Crippen molar-refractivity contribution in [3.8, 4) is 5.88 Å². The van der Waals surface area contributed by atoms with E-state index in [4.69, 9.17) is 10.5 Å². The third-order valence-electron chi connectivity index (χ3n) is 1.03. The molecule has 0 bridgehead atoms. The molecular weight excluding hydrogens is 146 g/mol. The molecule has 5 heteroatoms. The molecule has 0 spiro atoms. The summed E-state index contributed by atoms with van der Waals surface area (Å²) in [6.45, 7) is 0.677. The van der Waals surface area contributed by atoms with E-state index in [1.54, 1.807) is 0 Å². The highest BCUT2D eigenvalue weighted by atomic mass is 16.5. The van der Waals surface area contributed by atoms with Gasteiger partial charge in [0.2, 0.25) is 0 Å². The molecule has 0 amide bonds. The predicted octanol–water partition coefficient (Wildman–Crippen LogP) is -0.893. The molecule has 0 aromatic carbocycles. The van der Waals surface area contributed by atoms with E-state index in [2.05, 4.69) is 9.97 Å². The standard InChI is InChI=1S/C6H9N3O2/c7-1-4-11-6-5(10)8-2-3-9-6/h2-3H,1,4,7H2,(H,8,10). The van der Waals surface area contributed by atoms with Gasteiger partial charge in [-0.2, -0.15) is 0 Å². The molecule has 3 N–H and O–H groups in total. The molecule has 1 heterocycles. The lowest BCUT2D eigenvalue weighted by Gasteiger charge is -1.99. The van der Waals surface area contributed by atoms with Crippen LogP contribution in [-0.4, -0.2) is 23.1 Å². The van der Waals surface area contributed by atoms with Crippen molar-refractivity contribution in [1.82, 2.24) is 9.97 Å². The van der Waals surface area contributed by atoms with Crippen molar-refractivity contribution < 1.29 is 4.74 Å². The minimum Gasteiger partial charge on any atom is -0.472 e. The van der Waals surface area contributed by atoms with E-state index in [-0.39, 0.29) is 11.4 Å². The molecule has 0 radical (unpaired) electrons. The van der Waals surface area contributed by atoms with Gasteiger partial charge in [0.25, 0.3) is 5.88 Å². The monoisotopic (exact) mass is 155 g/mol. The Kier molecular flexibility index (Phi) is 2.62. The van der Waals surface area contributed by atoms with Crippen molar-refractivity contribution in [3.63, 3.8) is 0 Å². The average Bonchev–Trinajstić information content (AvgIpc) is 2.03. The van der Waals surface area contributed by atoms with E-state index in [0.717, 1.165) is 0 Å². The first-order valence-corrected chi connectivity index (χ1v) is 3.21. The summed E-state index contributed by atoms with van der Waals surface area (Å²) in [7, 11) is 0. The van der Waals surface area contributed by atoms with E-state index in [9.17, 15) is 4.79 Å². The second-order valence-electron chi connectivity index (χ2n) is 1.86.